The van der Waals surface area contributed by atoms with Gasteiger partial charge in [0.2, 0.25) is 0 Å². The van der Waals surface area contributed by atoms with Crippen molar-refractivity contribution in [3.05, 3.63) is 11.1 Å². The molecule has 1 nitrogen and oxygen atoms in total. The van der Waals surface area contributed by atoms with Crippen molar-refractivity contribution in [2.75, 3.05) is 0 Å². The summed E-state index contributed by atoms with van der Waals surface area (Å²) < 4.78 is 0. The molecule has 0 N–H and O–H groups in total. The number of carbonyl (C=O) groups excluding carboxylic acids is 1. The Labute approximate surface area is 62.1 Å². The maximum absolute atomic E-state index is 11.1. The number of Topliss-reactive ketones (excluding diaryl/α,β-unsaturated/α-hetero) is 1. The lowest BCUT2D eigenvalue weighted by atomic mass is 10.1. The molecule has 0 saturated heterocycles. The Kier molecular flexibility index (Phi) is 2.25. The van der Waals surface area contributed by atoms with Crippen LogP contribution in [0, 0.1) is 0 Å². The minimum Gasteiger partial charge on any atom is -0.295 e. The summed E-state index contributed by atoms with van der Waals surface area (Å²) in [6.07, 6.45) is 3.79. The highest BCUT2D eigenvalue weighted by atomic mass is 16.1. The van der Waals surface area contributed by atoms with Crippen LogP contribution in [-0.2, 0) is 4.79 Å². The summed E-state index contributed by atoms with van der Waals surface area (Å²) in [7, 11) is 0. The molecule has 1 rings (SSSR count). The molecule has 0 spiro atoms. The molecule has 0 unspecified atom stereocenters. The number of hydrogen-bond acceptors (Lipinski definition) is 1. The maximum Gasteiger partial charge on any atom is 0.159 e. The predicted molar refractivity (Wildman–Crippen MR) is 41.8 cm³/mol. The number of rotatable bonds is 2. The molecule has 56 valence electrons. The minimum atomic E-state index is 0.388. The van der Waals surface area contributed by atoms with E-state index in [1.807, 2.05) is 0 Å². The van der Waals surface area contributed by atoms with Gasteiger partial charge in [-0.15, -0.1) is 0 Å². The molecule has 0 aromatic carbocycles. The largest absolute Gasteiger partial charge is 0.295 e. The Bertz CT molecular complexity index is 177. The lowest BCUT2D eigenvalue weighted by Gasteiger charge is -1.97. The summed E-state index contributed by atoms with van der Waals surface area (Å²) in [6, 6.07) is 0. The molecule has 0 atom stereocenters. The molecular weight excluding hydrogens is 124 g/mol. The van der Waals surface area contributed by atoms with Gasteiger partial charge >= 0.3 is 0 Å². The topological polar surface area (TPSA) is 17.1 Å². The van der Waals surface area contributed by atoms with E-state index in [4.69, 9.17) is 0 Å². The van der Waals surface area contributed by atoms with E-state index in [0.717, 1.165) is 31.3 Å². The third kappa shape index (κ3) is 1.13. The average molecular weight is 138 g/mol. The summed E-state index contributed by atoms with van der Waals surface area (Å²) in [4.78, 5) is 11.1. The van der Waals surface area contributed by atoms with Gasteiger partial charge in [-0.3, -0.25) is 4.79 Å². The van der Waals surface area contributed by atoms with E-state index in [2.05, 4.69) is 13.8 Å². The normalized spacial score (nSPS) is 18.8. The second-order valence-electron chi connectivity index (χ2n) is 2.71. The first-order chi connectivity index (χ1) is 4.79. The van der Waals surface area contributed by atoms with E-state index in [-0.39, 0.29) is 0 Å². The standard InChI is InChI=1S/C9H14O/c1-3-7-5-6-9(10)8(7)4-2/h3-6H2,1-2H3. The molecule has 0 bridgehead atoms. The van der Waals surface area contributed by atoms with E-state index in [1.54, 1.807) is 0 Å². The van der Waals surface area contributed by atoms with Gasteiger partial charge in [-0.25, -0.2) is 0 Å². The lowest BCUT2D eigenvalue weighted by Crippen LogP contribution is -1.93. The quantitative estimate of drug-likeness (QED) is 0.573. The van der Waals surface area contributed by atoms with E-state index < -0.39 is 0 Å². The van der Waals surface area contributed by atoms with Crippen LogP contribution in [0.15, 0.2) is 11.1 Å². The smallest absolute Gasteiger partial charge is 0.159 e. The summed E-state index contributed by atoms with van der Waals surface area (Å²) in [5.41, 5.74) is 2.51. The van der Waals surface area contributed by atoms with E-state index >= 15 is 0 Å². The average Bonchev–Trinajstić information content (AvgIpc) is 2.30. The van der Waals surface area contributed by atoms with Crippen LogP contribution >= 0.6 is 0 Å². The molecule has 0 fully saturated rings. The Morgan fingerprint density at radius 3 is 2.30 bits per heavy atom. The van der Waals surface area contributed by atoms with Crippen molar-refractivity contribution >= 4 is 5.78 Å². The molecule has 10 heavy (non-hydrogen) atoms. The first kappa shape index (κ1) is 7.52. The molecule has 1 heteroatoms. The van der Waals surface area contributed by atoms with Gasteiger partial charge in [0.1, 0.15) is 0 Å². The fourth-order valence-corrected chi connectivity index (χ4v) is 1.60. The first-order valence-electron chi connectivity index (χ1n) is 4.03. The van der Waals surface area contributed by atoms with Crippen LogP contribution in [0.2, 0.25) is 0 Å². The van der Waals surface area contributed by atoms with Crippen molar-refractivity contribution in [1.29, 1.82) is 0 Å². The zero-order valence-corrected chi connectivity index (χ0v) is 6.74. The van der Waals surface area contributed by atoms with Crippen LogP contribution < -0.4 is 0 Å². The summed E-state index contributed by atoms with van der Waals surface area (Å²) in [6.45, 7) is 4.19. The zero-order valence-electron chi connectivity index (χ0n) is 6.74. The molecule has 0 aromatic rings. The van der Waals surface area contributed by atoms with Gasteiger partial charge in [0.25, 0.3) is 0 Å². The summed E-state index contributed by atoms with van der Waals surface area (Å²) in [5.74, 6) is 0.388. The second-order valence-corrected chi connectivity index (χ2v) is 2.71. The molecular formula is C9H14O. The van der Waals surface area contributed by atoms with Gasteiger partial charge in [0.15, 0.2) is 5.78 Å². The molecule has 0 amide bonds. The van der Waals surface area contributed by atoms with Gasteiger partial charge < -0.3 is 0 Å². The predicted octanol–water partition coefficient (Wildman–Crippen LogP) is 2.47. The first-order valence-corrected chi connectivity index (χ1v) is 4.03. The van der Waals surface area contributed by atoms with Crippen molar-refractivity contribution in [3.8, 4) is 0 Å². The zero-order chi connectivity index (χ0) is 7.56. The molecule has 0 heterocycles. The van der Waals surface area contributed by atoms with Gasteiger partial charge in [-0.2, -0.15) is 0 Å². The molecule has 0 saturated carbocycles. The highest BCUT2D eigenvalue weighted by Crippen LogP contribution is 2.26. The summed E-state index contributed by atoms with van der Waals surface area (Å²) >= 11 is 0. The van der Waals surface area contributed by atoms with Gasteiger partial charge in [0.05, 0.1) is 0 Å². The molecule has 1 aliphatic carbocycles. The number of carbonyl (C=O) groups is 1. The Balaban J connectivity index is 2.81. The van der Waals surface area contributed by atoms with Crippen LogP contribution in [0.3, 0.4) is 0 Å². The van der Waals surface area contributed by atoms with Crippen LogP contribution in [0.5, 0.6) is 0 Å². The van der Waals surface area contributed by atoms with E-state index in [1.165, 1.54) is 5.57 Å². The fourth-order valence-electron chi connectivity index (χ4n) is 1.60. The van der Waals surface area contributed by atoms with Gasteiger partial charge in [-0.05, 0) is 24.8 Å². The number of hydrogen-bond donors (Lipinski definition) is 0. The van der Waals surface area contributed by atoms with E-state index in [0.29, 0.717) is 5.78 Å². The van der Waals surface area contributed by atoms with Crippen LogP contribution in [-0.4, -0.2) is 5.78 Å². The minimum absolute atomic E-state index is 0.388. The Morgan fingerprint density at radius 2 is 1.90 bits per heavy atom. The Hall–Kier alpha value is -0.590. The monoisotopic (exact) mass is 138 g/mol. The van der Waals surface area contributed by atoms with Crippen molar-refractivity contribution in [2.24, 2.45) is 0 Å². The second kappa shape index (κ2) is 3.00. The third-order valence-electron chi connectivity index (χ3n) is 2.20. The highest BCUT2D eigenvalue weighted by Gasteiger charge is 2.19. The number of ketones is 1. The van der Waals surface area contributed by atoms with Gasteiger partial charge in [0, 0.05) is 6.42 Å². The maximum atomic E-state index is 11.1. The van der Waals surface area contributed by atoms with Crippen LogP contribution in [0.1, 0.15) is 39.5 Å². The van der Waals surface area contributed by atoms with E-state index in [9.17, 15) is 4.79 Å². The lowest BCUT2D eigenvalue weighted by molar-refractivity contribution is -0.115. The molecule has 0 radical (unpaired) electrons. The van der Waals surface area contributed by atoms with Crippen molar-refractivity contribution in [3.63, 3.8) is 0 Å². The highest BCUT2D eigenvalue weighted by molar-refractivity contribution is 5.98. The Morgan fingerprint density at radius 1 is 1.20 bits per heavy atom. The number of allylic oxidation sites excluding steroid dienone is 2. The van der Waals surface area contributed by atoms with Gasteiger partial charge in [-0.1, -0.05) is 19.4 Å². The third-order valence-corrected chi connectivity index (χ3v) is 2.20. The molecule has 0 aliphatic heterocycles. The van der Waals surface area contributed by atoms with Crippen molar-refractivity contribution in [2.45, 2.75) is 39.5 Å². The molecule has 0 aromatic heterocycles. The van der Waals surface area contributed by atoms with Crippen molar-refractivity contribution in [1.82, 2.24) is 0 Å². The summed E-state index contributed by atoms with van der Waals surface area (Å²) in [5, 5.41) is 0. The fraction of sp³-hybridized carbons (Fsp3) is 0.667. The van der Waals surface area contributed by atoms with Crippen LogP contribution in [0.25, 0.3) is 0 Å². The van der Waals surface area contributed by atoms with Crippen LogP contribution in [0.4, 0.5) is 0 Å². The SMILES string of the molecule is CCC1=C(CC)C(=O)CC1. The van der Waals surface area contributed by atoms with Crippen molar-refractivity contribution < 1.29 is 4.79 Å². The molecule has 1 aliphatic rings.